The molecule has 0 aliphatic carbocycles. The van der Waals surface area contributed by atoms with Gasteiger partial charge in [-0.25, -0.2) is 0 Å². The highest BCUT2D eigenvalue weighted by atomic mass is 15.0. The van der Waals surface area contributed by atoms with Crippen LogP contribution in [0.5, 0.6) is 0 Å². The third kappa shape index (κ3) is 3.15. The molecule has 0 aliphatic rings. The van der Waals surface area contributed by atoms with Crippen LogP contribution in [0.15, 0.2) is 24.4 Å². The second-order valence-electron chi connectivity index (χ2n) is 3.53. The van der Waals surface area contributed by atoms with Gasteiger partial charge in [0.05, 0.1) is 17.7 Å². The minimum atomic E-state index is -0.0846. The highest BCUT2D eigenvalue weighted by Crippen LogP contribution is 2.15. The molecule has 3 heteroatoms. The summed E-state index contributed by atoms with van der Waals surface area (Å²) < 4.78 is 0. The van der Waals surface area contributed by atoms with Crippen LogP contribution in [0.4, 0.5) is 0 Å². The molecule has 1 atom stereocenters. The molecule has 3 nitrogen and oxygen atoms in total. The van der Waals surface area contributed by atoms with Crippen molar-refractivity contribution in [2.24, 2.45) is 0 Å². The Hall–Kier alpha value is -1.40. The second kappa shape index (κ2) is 5.36. The summed E-state index contributed by atoms with van der Waals surface area (Å²) in [5.41, 5.74) is 0.872. The summed E-state index contributed by atoms with van der Waals surface area (Å²) in [6.07, 6.45) is 2.57. The van der Waals surface area contributed by atoms with Crippen LogP contribution in [0.2, 0.25) is 0 Å². The number of nitrogens with zero attached hydrogens (tertiary/aromatic N) is 3. The van der Waals surface area contributed by atoms with E-state index in [1.165, 1.54) is 0 Å². The molecule has 1 aromatic heterocycles. The van der Waals surface area contributed by atoms with Crippen LogP contribution in [0, 0.1) is 11.3 Å². The normalized spacial score (nSPS) is 12.4. The molecular formula is C11H15N3. The van der Waals surface area contributed by atoms with E-state index in [0.29, 0.717) is 0 Å². The van der Waals surface area contributed by atoms with Gasteiger partial charge in [-0.05, 0) is 39.2 Å². The van der Waals surface area contributed by atoms with Crippen molar-refractivity contribution in [3.8, 4) is 6.07 Å². The van der Waals surface area contributed by atoms with Gasteiger partial charge >= 0.3 is 0 Å². The Balaban J connectivity index is 2.60. The number of pyridine rings is 1. The fraction of sp³-hybridized carbons (Fsp3) is 0.455. The van der Waals surface area contributed by atoms with Crippen LogP contribution in [-0.4, -0.2) is 30.5 Å². The van der Waals surface area contributed by atoms with Gasteiger partial charge in [0.2, 0.25) is 0 Å². The van der Waals surface area contributed by atoms with E-state index in [9.17, 15) is 0 Å². The van der Waals surface area contributed by atoms with Crippen molar-refractivity contribution in [1.82, 2.24) is 9.88 Å². The van der Waals surface area contributed by atoms with E-state index >= 15 is 0 Å². The Morgan fingerprint density at radius 2 is 2.29 bits per heavy atom. The number of aromatic nitrogens is 1. The first kappa shape index (κ1) is 10.7. The summed E-state index contributed by atoms with van der Waals surface area (Å²) in [6, 6.07) is 7.97. The van der Waals surface area contributed by atoms with Crippen molar-refractivity contribution in [3.05, 3.63) is 30.1 Å². The zero-order valence-electron chi connectivity index (χ0n) is 8.64. The molecule has 0 spiro atoms. The van der Waals surface area contributed by atoms with Crippen molar-refractivity contribution in [1.29, 1.82) is 5.26 Å². The first-order valence-corrected chi connectivity index (χ1v) is 4.69. The van der Waals surface area contributed by atoms with E-state index in [1.54, 1.807) is 6.20 Å². The average Bonchev–Trinajstić information content (AvgIpc) is 2.20. The number of rotatable bonds is 4. The van der Waals surface area contributed by atoms with Crippen molar-refractivity contribution < 1.29 is 0 Å². The van der Waals surface area contributed by atoms with Gasteiger partial charge in [-0.1, -0.05) is 6.07 Å². The van der Waals surface area contributed by atoms with Gasteiger partial charge in [0.1, 0.15) is 0 Å². The predicted molar refractivity (Wildman–Crippen MR) is 55.8 cm³/mol. The van der Waals surface area contributed by atoms with Crippen molar-refractivity contribution >= 4 is 0 Å². The largest absolute Gasteiger partial charge is 0.309 e. The summed E-state index contributed by atoms with van der Waals surface area (Å²) in [5.74, 6) is -0.0846. The summed E-state index contributed by atoms with van der Waals surface area (Å²) in [4.78, 5) is 6.26. The number of nitriles is 1. The fourth-order valence-electron chi connectivity index (χ4n) is 1.25. The Bertz CT molecular complexity index is 300. The van der Waals surface area contributed by atoms with Gasteiger partial charge in [0.15, 0.2) is 0 Å². The molecule has 1 heterocycles. The molecule has 1 rings (SSSR count). The smallest absolute Gasteiger partial charge is 0.0896 e. The molecule has 1 unspecified atom stereocenters. The van der Waals surface area contributed by atoms with Crippen LogP contribution in [0.1, 0.15) is 18.0 Å². The zero-order chi connectivity index (χ0) is 10.4. The number of hydrogen-bond donors (Lipinski definition) is 0. The predicted octanol–water partition coefficient (Wildman–Crippen LogP) is 1.64. The van der Waals surface area contributed by atoms with Crippen LogP contribution in [0.3, 0.4) is 0 Å². The Kier molecular flexibility index (Phi) is 4.09. The monoisotopic (exact) mass is 189 g/mol. The summed E-state index contributed by atoms with van der Waals surface area (Å²) >= 11 is 0. The average molecular weight is 189 g/mol. The third-order valence-electron chi connectivity index (χ3n) is 2.07. The molecule has 0 aliphatic heterocycles. The van der Waals surface area contributed by atoms with Crippen molar-refractivity contribution in [2.75, 3.05) is 20.6 Å². The molecule has 0 saturated heterocycles. The van der Waals surface area contributed by atoms with Crippen molar-refractivity contribution in [3.63, 3.8) is 0 Å². The highest BCUT2D eigenvalue weighted by molar-refractivity contribution is 5.16. The quantitative estimate of drug-likeness (QED) is 0.723. The summed E-state index contributed by atoms with van der Waals surface area (Å²) in [5, 5.41) is 8.98. The Morgan fingerprint density at radius 3 is 2.79 bits per heavy atom. The molecule has 0 amide bonds. The van der Waals surface area contributed by atoms with Gasteiger partial charge in [-0.3, -0.25) is 4.98 Å². The summed E-state index contributed by atoms with van der Waals surface area (Å²) in [6.45, 7) is 0.912. The molecule has 0 aromatic carbocycles. The lowest BCUT2D eigenvalue weighted by Crippen LogP contribution is -2.15. The van der Waals surface area contributed by atoms with E-state index in [-0.39, 0.29) is 5.92 Å². The zero-order valence-corrected chi connectivity index (χ0v) is 8.64. The van der Waals surface area contributed by atoms with Gasteiger partial charge in [0.25, 0.3) is 0 Å². The van der Waals surface area contributed by atoms with Crippen LogP contribution >= 0.6 is 0 Å². The third-order valence-corrected chi connectivity index (χ3v) is 2.07. The van der Waals surface area contributed by atoms with Crippen molar-refractivity contribution in [2.45, 2.75) is 12.3 Å². The van der Waals surface area contributed by atoms with Gasteiger partial charge < -0.3 is 4.90 Å². The SMILES string of the molecule is CN(C)CCC(C#N)c1ccccn1. The van der Waals surface area contributed by atoms with Crippen LogP contribution in [0.25, 0.3) is 0 Å². The van der Waals surface area contributed by atoms with E-state index in [4.69, 9.17) is 5.26 Å². The molecular weight excluding hydrogens is 174 g/mol. The van der Waals surface area contributed by atoms with Gasteiger partial charge in [0, 0.05) is 6.20 Å². The molecule has 0 saturated carbocycles. The van der Waals surface area contributed by atoms with E-state index < -0.39 is 0 Å². The highest BCUT2D eigenvalue weighted by Gasteiger charge is 2.11. The fourth-order valence-corrected chi connectivity index (χ4v) is 1.25. The molecule has 0 N–H and O–H groups in total. The Labute approximate surface area is 85.0 Å². The lowest BCUT2D eigenvalue weighted by atomic mass is 10.0. The lowest BCUT2D eigenvalue weighted by molar-refractivity contribution is 0.392. The number of hydrogen-bond acceptors (Lipinski definition) is 3. The van der Waals surface area contributed by atoms with Crippen LogP contribution < -0.4 is 0 Å². The first-order valence-electron chi connectivity index (χ1n) is 4.69. The minimum absolute atomic E-state index is 0.0846. The molecule has 14 heavy (non-hydrogen) atoms. The minimum Gasteiger partial charge on any atom is -0.309 e. The Morgan fingerprint density at radius 1 is 1.50 bits per heavy atom. The summed E-state index contributed by atoms with van der Waals surface area (Å²) in [7, 11) is 4.01. The van der Waals surface area contributed by atoms with Gasteiger partial charge in [-0.2, -0.15) is 5.26 Å². The second-order valence-corrected chi connectivity index (χ2v) is 3.53. The van der Waals surface area contributed by atoms with E-state index in [1.807, 2.05) is 32.3 Å². The maximum Gasteiger partial charge on any atom is 0.0896 e. The van der Waals surface area contributed by atoms with Gasteiger partial charge in [-0.15, -0.1) is 0 Å². The molecule has 0 radical (unpaired) electrons. The topological polar surface area (TPSA) is 39.9 Å². The molecule has 0 fully saturated rings. The van der Waals surface area contributed by atoms with Crippen LogP contribution in [-0.2, 0) is 0 Å². The molecule has 74 valence electrons. The van der Waals surface area contributed by atoms with E-state index in [0.717, 1.165) is 18.7 Å². The standard InChI is InChI=1S/C11H15N3/c1-14(2)8-6-10(9-12)11-5-3-4-7-13-11/h3-5,7,10H,6,8H2,1-2H3. The first-order chi connectivity index (χ1) is 6.74. The maximum atomic E-state index is 8.98. The van der Waals surface area contributed by atoms with E-state index in [2.05, 4.69) is 16.0 Å². The maximum absolute atomic E-state index is 8.98. The molecule has 0 bridgehead atoms. The lowest BCUT2D eigenvalue weighted by Gasteiger charge is -2.12. The molecule has 1 aromatic rings.